The summed E-state index contributed by atoms with van der Waals surface area (Å²) in [5.74, 6) is 0.718. The van der Waals surface area contributed by atoms with E-state index in [0.717, 1.165) is 32.4 Å². The van der Waals surface area contributed by atoms with Gasteiger partial charge < -0.3 is 10.6 Å². The van der Waals surface area contributed by atoms with Gasteiger partial charge in [0.05, 0.1) is 0 Å². The number of nitrogens with two attached hydrogens (primary N) is 1. The highest BCUT2D eigenvalue weighted by atomic mass is 32.1. The van der Waals surface area contributed by atoms with Crippen molar-refractivity contribution in [1.82, 2.24) is 4.90 Å². The Hall–Kier alpha value is -0.870. The van der Waals surface area contributed by atoms with Crippen molar-refractivity contribution in [3.8, 4) is 0 Å². The van der Waals surface area contributed by atoms with Gasteiger partial charge in [-0.25, -0.2) is 0 Å². The van der Waals surface area contributed by atoms with Gasteiger partial charge in [0.15, 0.2) is 0 Å². The Morgan fingerprint density at radius 3 is 3.17 bits per heavy atom. The molecule has 1 aliphatic carbocycles. The van der Waals surface area contributed by atoms with Crippen LogP contribution in [0.2, 0.25) is 0 Å². The Balaban J connectivity index is 1.61. The quantitative estimate of drug-likeness (QED) is 0.889. The van der Waals surface area contributed by atoms with Crippen molar-refractivity contribution >= 4 is 17.2 Å². The molecule has 1 amide bonds. The number of nitrogens with zero attached hydrogens (tertiary/aromatic N) is 1. The van der Waals surface area contributed by atoms with Crippen LogP contribution in [0.25, 0.3) is 0 Å². The van der Waals surface area contributed by atoms with Crippen LogP contribution in [0.4, 0.5) is 0 Å². The van der Waals surface area contributed by atoms with Gasteiger partial charge in [-0.1, -0.05) is 6.42 Å². The zero-order valence-corrected chi connectivity index (χ0v) is 11.4. The van der Waals surface area contributed by atoms with Gasteiger partial charge >= 0.3 is 0 Å². The number of thiophene rings is 1. The fourth-order valence-electron chi connectivity index (χ4n) is 3.13. The van der Waals surface area contributed by atoms with E-state index in [1.54, 1.807) is 0 Å². The molecule has 1 fully saturated rings. The van der Waals surface area contributed by atoms with Crippen molar-refractivity contribution in [2.45, 2.75) is 44.7 Å². The maximum Gasteiger partial charge on any atom is 0.223 e. The van der Waals surface area contributed by atoms with Gasteiger partial charge in [0, 0.05) is 30.4 Å². The average molecular weight is 264 g/mol. The Bertz CT molecular complexity index is 443. The van der Waals surface area contributed by atoms with Gasteiger partial charge in [0.2, 0.25) is 5.91 Å². The SMILES string of the molecule is N[C@@H]1CCC[C@H]1CC(=O)N1CCc2sccc2C1. The highest BCUT2D eigenvalue weighted by Crippen LogP contribution is 2.29. The number of fused-ring (bicyclic) bond motifs is 1. The molecule has 18 heavy (non-hydrogen) atoms. The second kappa shape index (κ2) is 5.02. The lowest BCUT2D eigenvalue weighted by Crippen LogP contribution is -2.38. The van der Waals surface area contributed by atoms with Crippen molar-refractivity contribution in [2.75, 3.05) is 6.54 Å². The molecule has 1 saturated carbocycles. The van der Waals surface area contributed by atoms with Crippen LogP contribution in [-0.2, 0) is 17.8 Å². The first kappa shape index (κ1) is 12.2. The molecule has 0 spiro atoms. The molecule has 1 aromatic rings. The molecule has 2 N–H and O–H groups in total. The Labute approximate surface area is 112 Å². The molecule has 2 atom stereocenters. The molecule has 0 radical (unpaired) electrons. The maximum atomic E-state index is 12.3. The van der Waals surface area contributed by atoms with Crippen LogP contribution in [0.15, 0.2) is 11.4 Å². The first-order valence-electron chi connectivity index (χ1n) is 6.82. The summed E-state index contributed by atoms with van der Waals surface area (Å²) in [4.78, 5) is 15.8. The van der Waals surface area contributed by atoms with Gasteiger partial charge in [0.25, 0.3) is 0 Å². The Morgan fingerprint density at radius 2 is 2.39 bits per heavy atom. The number of rotatable bonds is 2. The summed E-state index contributed by atoms with van der Waals surface area (Å²) in [7, 11) is 0. The van der Waals surface area contributed by atoms with E-state index >= 15 is 0 Å². The molecule has 4 heteroatoms. The molecular formula is C14H20N2OS. The van der Waals surface area contributed by atoms with Crippen molar-refractivity contribution in [3.63, 3.8) is 0 Å². The average Bonchev–Trinajstić information content (AvgIpc) is 2.98. The van der Waals surface area contributed by atoms with Crippen LogP contribution in [-0.4, -0.2) is 23.4 Å². The highest BCUT2D eigenvalue weighted by molar-refractivity contribution is 7.10. The monoisotopic (exact) mass is 264 g/mol. The van der Waals surface area contributed by atoms with Crippen molar-refractivity contribution in [2.24, 2.45) is 11.7 Å². The largest absolute Gasteiger partial charge is 0.338 e. The molecule has 2 aliphatic rings. The molecule has 2 heterocycles. The lowest BCUT2D eigenvalue weighted by molar-refractivity contribution is -0.133. The van der Waals surface area contributed by atoms with Crippen LogP contribution < -0.4 is 5.73 Å². The standard InChI is InChI=1S/C14H20N2OS/c15-12-3-1-2-10(12)8-14(17)16-6-4-13-11(9-16)5-7-18-13/h5,7,10,12H,1-4,6,8-9,15H2/t10-,12+/m0/s1. The molecular weight excluding hydrogens is 244 g/mol. The van der Waals surface area contributed by atoms with E-state index in [0.29, 0.717) is 18.2 Å². The predicted molar refractivity (Wildman–Crippen MR) is 73.4 cm³/mol. The number of hydrogen-bond acceptors (Lipinski definition) is 3. The predicted octanol–water partition coefficient (Wildman–Crippen LogP) is 2.15. The maximum absolute atomic E-state index is 12.3. The van der Waals surface area contributed by atoms with E-state index in [-0.39, 0.29) is 6.04 Å². The smallest absolute Gasteiger partial charge is 0.223 e. The van der Waals surface area contributed by atoms with Crippen molar-refractivity contribution < 1.29 is 4.79 Å². The third-order valence-corrected chi connectivity index (χ3v) is 5.34. The van der Waals surface area contributed by atoms with E-state index in [2.05, 4.69) is 11.4 Å². The minimum atomic E-state index is 0.246. The van der Waals surface area contributed by atoms with Crippen LogP contribution in [0.1, 0.15) is 36.1 Å². The van der Waals surface area contributed by atoms with Crippen LogP contribution in [0.3, 0.4) is 0 Å². The summed E-state index contributed by atoms with van der Waals surface area (Å²) in [6, 6.07) is 2.40. The topological polar surface area (TPSA) is 46.3 Å². The van der Waals surface area contributed by atoms with E-state index in [1.165, 1.54) is 16.9 Å². The second-order valence-electron chi connectivity index (χ2n) is 5.49. The third-order valence-electron chi connectivity index (χ3n) is 4.32. The first-order chi connectivity index (χ1) is 8.74. The summed E-state index contributed by atoms with van der Waals surface area (Å²) in [6.07, 6.45) is 5.08. The van der Waals surface area contributed by atoms with Crippen molar-refractivity contribution in [3.05, 3.63) is 21.9 Å². The summed E-state index contributed by atoms with van der Waals surface area (Å²) < 4.78 is 0. The summed E-state index contributed by atoms with van der Waals surface area (Å²) in [5.41, 5.74) is 7.39. The molecule has 3 nitrogen and oxygen atoms in total. The second-order valence-corrected chi connectivity index (χ2v) is 6.49. The van der Waals surface area contributed by atoms with Gasteiger partial charge in [0.1, 0.15) is 0 Å². The van der Waals surface area contributed by atoms with Crippen LogP contribution >= 0.6 is 11.3 Å². The van der Waals surface area contributed by atoms with Gasteiger partial charge in [-0.05, 0) is 42.2 Å². The molecule has 98 valence electrons. The fraction of sp³-hybridized carbons (Fsp3) is 0.643. The highest BCUT2D eigenvalue weighted by Gasteiger charge is 2.29. The summed E-state index contributed by atoms with van der Waals surface area (Å²) >= 11 is 1.81. The zero-order chi connectivity index (χ0) is 12.5. The lowest BCUT2D eigenvalue weighted by atomic mass is 9.98. The number of carbonyl (C=O) groups excluding carboxylic acids is 1. The van der Waals surface area contributed by atoms with Gasteiger partial charge in [-0.15, -0.1) is 11.3 Å². The van der Waals surface area contributed by atoms with Crippen LogP contribution in [0, 0.1) is 5.92 Å². The fourth-order valence-corrected chi connectivity index (χ4v) is 4.02. The molecule has 0 aromatic carbocycles. The lowest BCUT2D eigenvalue weighted by Gasteiger charge is -2.28. The van der Waals surface area contributed by atoms with Gasteiger partial charge in [-0.2, -0.15) is 0 Å². The van der Waals surface area contributed by atoms with E-state index in [1.807, 2.05) is 16.2 Å². The first-order valence-corrected chi connectivity index (χ1v) is 7.70. The van der Waals surface area contributed by atoms with E-state index < -0.39 is 0 Å². The number of carbonyl (C=O) groups is 1. The molecule has 0 unspecified atom stereocenters. The third kappa shape index (κ3) is 2.31. The minimum Gasteiger partial charge on any atom is -0.338 e. The van der Waals surface area contributed by atoms with E-state index in [9.17, 15) is 4.79 Å². The number of amides is 1. The minimum absolute atomic E-state index is 0.246. The Kier molecular flexibility index (Phi) is 3.39. The Morgan fingerprint density at radius 1 is 1.50 bits per heavy atom. The molecule has 1 aromatic heterocycles. The molecule has 1 aliphatic heterocycles. The molecule has 0 bridgehead atoms. The van der Waals surface area contributed by atoms with Crippen molar-refractivity contribution in [1.29, 1.82) is 0 Å². The van der Waals surface area contributed by atoms with E-state index in [4.69, 9.17) is 5.73 Å². The summed E-state index contributed by atoms with van der Waals surface area (Å²) in [5, 5.41) is 2.13. The summed E-state index contributed by atoms with van der Waals surface area (Å²) in [6.45, 7) is 1.69. The van der Waals surface area contributed by atoms with Gasteiger partial charge in [-0.3, -0.25) is 4.79 Å². The number of hydrogen-bond donors (Lipinski definition) is 1. The van der Waals surface area contributed by atoms with Crippen LogP contribution in [0.5, 0.6) is 0 Å². The normalized spacial score (nSPS) is 27.3. The molecule has 0 saturated heterocycles. The molecule has 3 rings (SSSR count). The zero-order valence-electron chi connectivity index (χ0n) is 10.6.